The zero-order chi connectivity index (χ0) is 16.9. The molecule has 4 N–H and O–H groups in total. The number of rotatable bonds is 5. The van der Waals surface area contributed by atoms with Gasteiger partial charge in [0.05, 0.1) is 0 Å². The van der Waals surface area contributed by atoms with Gasteiger partial charge in [-0.1, -0.05) is 60.7 Å². The molecule has 2 aromatic rings. The molecular formula is C20H27N3O+2. The predicted molar refractivity (Wildman–Crippen MR) is 94.8 cm³/mol. The van der Waals surface area contributed by atoms with Crippen molar-refractivity contribution in [2.75, 3.05) is 26.2 Å². The maximum absolute atomic E-state index is 11.5. The highest BCUT2D eigenvalue weighted by atomic mass is 16.1. The molecule has 0 unspecified atom stereocenters. The molecule has 24 heavy (non-hydrogen) atoms. The van der Waals surface area contributed by atoms with Gasteiger partial charge in [-0.2, -0.15) is 0 Å². The summed E-state index contributed by atoms with van der Waals surface area (Å²) in [5.74, 6) is -0.198. The second-order valence-corrected chi connectivity index (χ2v) is 6.69. The first-order chi connectivity index (χ1) is 11.7. The quantitative estimate of drug-likeness (QED) is 0.678. The summed E-state index contributed by atoms with van der Waals surface area (Å²) >= 11 is 0. The Bertz CT molecular complexity index is 612. The van der Waals surface area contributed by atoms with E-state index in [4.69, 9.17) is 5.73 Å². The molecule has 1 aliphatic heterocycles. The number of amides is 1. The Hall–Kier alpha value is -2.17. The molecule has 1 atom stereocenters. The van der Waals surface area contributed by atoms with Crippen LogP contribution in [0.15, 0.2) is 60.7 Å². The van der Waals surface area contributed by atoms with Gasteiger partial charge in [-0.25, -0.2) is 0 Å². The normalized spacial score (nSPS) is 22.2. The van der Waals surface area contributed by atoms with E-state index in [-0.39, 0.29) is 11.9 Å². The second-order valence-electron chi connectivity index (χ2n) is 6.69. The van der Waals surface area contributed by atoms with Crippen LogP contribution in [-0.4, -0.2) is 38.1 Å². The SMILES string of the molecule is C[C@@H](C(N)=O)[NH+]1CC[NH+](C(c2ccccc2)c2ccccc2)CC1. The fourth-order valence-corrected chi connectivity index (χ4v) is 3.77. The highest BCUT2D eigenvalue weighted by Crippen LogP contribution is 2.18. The van der Waals surface area contributed by atoms with Gasteiger partial charge in [0.15, 0.2) is 6.04 Å². The van der Waals surface area contributed by atoms with E-state index in [0.29, 0.717) is 6.04 Å². The van der Waals surface area contributed by atoms with Crippen molar-refractivity contribution in [3.8, 4) is 0 Å². The lowest BCUT2D eigenvalue weighted by molar-refractivity contribution is -1.03. The van der Waals surface area contributed by atoms with Crippen LogP contribution in [0.3, 0.4) is 0 Å². The molecular weight excluding hydrogens is 298 g/mol. The molecule has 1 fully saturated rings. The molecule has 1 aliphatic rings. The Morgan fingerprint density at radius 1 is 0.833 bits per heavy atom. The van der Waals surface area contributed by atoms with Gasteiger partial charge in [0.2, 0.25) is 0 Å². The molecule has 0 aliphatic carbocycles. The van der Waals surface area contributed by atoms with Crippen LogP contribution in [0, 0.1) is 0 Å². The van der Waals surface area contributed by atoms with Crippen molar-refractivity contribution in [2.45, 2.75) is 19.0 Å². The Labute approximate surface area is 143 Å². The fourth-order valence-electron chi connectivity index (χ4n) is 3.77. The van der Waals surface area contributed by atoms with Gasteiger partial charge in [0.1, 0.15) is 32.2 Å². The van der Waals surface area contributed by atoms with E-state index >= 15 is 0 Å². The van der Waals surface area contributed by atoms with Crippen molar-refractivity contribution in [3.05, 3.63) is 71.8 Å². The van der Waals surface area contributed by atoms with Gasteiger partial charge < -0.3 is 15.5 Å². The third-order valence-electron chi connectivity index (χ3n) is 5.25. The van der Waals surface area contributed by atoms with E-state index in [2.05, 4.69) is 60.7 Å². The van der Waals surface area contributed by atoms with E-state index < -0.39 is 0 Å². The van der Waals surface area contributed by atoms with Crippen molar-refractivity contribution >= 4 is 5.91 Å². The van der Waals surface area contributed by atoms with Crippen LogP contribution < -0.4 is 15.5 Å². The number of carbonyl (C=O) groups is 1. The zero-order valence-corrected chi connectivity index (χ0v) is 14.2. The van der Waals surface area contributed by atoms with Gasteiger partial charge in [-0.15, -0.1) is 0 Å². The van der Waals surface area contributed by atoms with E-state index in [1.165, 1.54) is 16.0 Å². The highest BCUT2D eigenvalue weighted by molar-refractivity contribution is 5.77. The van der Waals surface area contributed by atoms with E-state index in [0.717, 1.165) is 26.2 Å². The molecule has 0 radical (unpaired) electrons. The Balaban J connectivity index is 1.80. The number of hydrogen-bond donors (Lipinski definition) is 3. The largest absolute Gasteiger partial charge is 0.365 e. The van der Waals surface area contributed by atoms with Crippen LogP contribution in [0.2, 0.25) is 0 Å². The van der Waals surface area contributed by atoms with Crippen LogP contribution in [0.25, 0.3) is 0 Å². The molecule has 1 amide bonds. The molecule has 0 aromatic heterocycles. The van der Waals surface area contributed by atoms with E-state index in [1.807, 2.05) is 6.92 Å². The van der Waals surface area contributed by atoms with Gasteiger partial charge >= 0.3 is 0 Å². The molecule has 1 heterocycles. The van der Waals surface area contributed by atoms with Crippen LogP contribution in [0.5, 0.6) is 0 Å². The molecule has 0 spiro atoms. The van der Waals surface area contributed by atoms with Crippen LogP contribution in [0.4, 0.5) is 0 Å². The Morgan fingerprint density at radius 3 is 1.67 bits per heavy atom. The van der Waals surface area contributed by atoms with Crippen LogP contribution >= 0.6 is 0 Å². The standard InChI is InChI=1S/C20H25N3O/c1-16(20(21)24)22-12-14-23(15-13-22)19(17-8-4-2-5-9-17)18-10-6-3-7-11-18/h2-11,16,19H,12-15H2,1H3,(H2,21,24)/p+2/t16-/m0/s1. The van der Waals surface area contributed by atoms with Crippen molar-refractivity contribution in [2.24, 2.45) is 5.73 Å². The molecule has 1 saturated heterocycles. The summed E-state index contributed by atoms with van der Waals surface area (Å²) < 4.78 is 0. The number of nitrogens with two attached hydrogens (primary N) is 1. The number of piperazine rings is 1. The average Bonchev–Trinajstić information content (AvgIpc) is 2.64. The van der Waals surface area contributed by atoms with Crippen molar-refractivity contribution in [1.82, 2.24) is 0 Å². The summed E-state index contributed by atoms with van der Waals surface area (Å²) in [5, 5.41) is 0. The predicted octanol–water partition coefficient (Wildman–Crippen LogP) is -0.567. The summed E-state index contributed by atoms with van der Waals surface area (Å²) in [6, 6.07) is 21.7. The van der Waals surface area contributed by atoms with Gasteiger partial charge in [0.25, 0.3) is 5.91 Å². The number of quaternary nitrogens is 2. The molecule has 126 valence electrons. The summed E-state index contributed by atoms with van der Waals surface area (Å²) in [5.41, 5.74) is 8.18. The van der Waals surface area contributed by atoms with Gasteiger partial charge in [-0.3, -0.25) is 4.79 Å². The summed E-state index contributed by atoms with van der Waals surface area (Å²) in [6.07, 6.45) is 0. The number of hydrogen-bond acceptors (Lipinski definition) is 1. The molecule has 0 bridgehead atoms. The fraction of sp³-hybridized carbons (Fsp3) is 0.350. The Kier molecular flexibility index (Phi) is 5.28. The van der Waals surface area contributed by atoms with Gasteiger partial charge in [0, 0.05) is 11.1 Å². The number of nitrogens with one attached hydrogen (secondary N) is 2. The first-order valence-electron chi connectivity index (χ1n) is 8.75. The Morgan fingerprint density at radius 2 is 1.25 bits per heavy atom. The zero-order valence-electron chi connectivity index (χ0n) is 14.2. The summed E-state index contributed by atoms with van der Waals surface area (Å²) in [4.78, 5) is 14.3. The highest BCUT2D eigenvalue weighted by Gasteiger charge is 2.34. The lowest BCUT2D eigenvalue weighted by Crippen LogP contribution is -3.30. The van der Waals surface area contributed by atoms with Crippen molar-refractivity contribution in [3.63, 3.8) is 0 Å². The van der Waals surface area contributed by atoms with Crippen LogP contribution in [0.1, 0.15) is 24.1 Å². The lowest BCUT2D eigenvalue weighted by atomic mass is 9.96. The average molecular weight is 325 g/mol. The monoisotopic (exact) mass is 325 g/mol. The first kappa shape index (κ1) is 16.7. The molecule has 4 heteroatoms. The van der Waals surface area contributed by atoms with E-state index in [1.54, 1.807) is 4.90 Å². The topological polar surface area (TPSA) is 52.0 Å². The third kappa shape index (κ3) is 3.66. The minimum atomic E-state index is -0.198. The first-order valence-corrected chi connectivity index (χ1v) is 8.75. The summed E-state index contributed by atoms with van der Waals surface area (Å²) in [6.45, 7) is 5.99. The third-order valence-corrected chi connectivity index (χ3v) is 5.25. The minimum absolute atomic E-state index is 0.0987. The summed E-state index contributed by atoms with van der Waals surface area (Å²) in [7, 11) is 0. The van der Waals surface area contributed by atoms with Crippen molar-refractivity contribution < 1.29 is 14.6 Å². The van der Waals surface area contributed by atoms with Gasteiger partial charge in [-0.05, 0) is 6.92 Å². The second kappa shape index (κ2) is 7.60. The lowest BCUT2D eigenvalue weighted by Gasteiger charge is -2.36. The molecule has 2 aromatic carbocycles. The molecule has 0 saturated carbocycles. The number of carbonyl (C=O) groups excluding carboxylic acids is 1. The maximum atomic E-state index is 11.5. The van der Waals surface area contributed by atoms with E-state index in [9.17, 15) is 4.79 Å². The molecule has 3 rings (SSSR count). The van der Waals surface area contributed by atoms with Crippen molar-refractivity contribution in [1.29, 1.82) is 0 Å². The maximum Gasteiger partial charge on any atom is 0.275 e. The minimum Gasteiger partial charge on any atom is -0.365 e. The number of benzene rings is 2. The molecule has 4 nitrogen and oxygen atoms in total. The van der Waals surface area contributed by atoms with Crippen LogP contribution in [-0.2, 0) is 4.79 Å². The smallest absolute Gasteiger partial charge is 0.275 e. The number of primary amides is 1.